The highest BCUT2D eigenvalue weighted by molar-refractivity contribution is 5.81. The van der Waals surface area contributed by atoms with E-state index in [0.29, 0.717) is 5.89 Å². The van der Waals surface area contributed by atoms with Gasteiger partial charge in [-0.1, -0.05) is 18.2 Å². The van der Waals surface area contributed by atoms with Crippen LogP contribution in [0.1, 0.15) is 63.3 Å². The molecule has 1 aliphatic heterocycles. The van der Waals surface area contributed by atoms with E-state index in [-0.39, 0.29) is 17.6 Å². The van der Waals surface area contributed by atoms with Crippen molar-refractivity contribution in [3.63, 3.8) is 0 Å². The maximum absolute atomic E-state index is 13.6. The third-order valence-electron chi connectivity index (χ3n) is 9.33. The number of benzene rings is 2. The standard InChI is InChI=1S/C30H36N4O2/c1-33(2)24-8-5-22(6-9-24)23-7-10-27-25(15-23)31-28(36-27)26-4-3-11-34(26)29(35)32-30-16-19-12-20(17-30)14-21(13-19)18-30/h5-10,15,19-21,26H,3-4,11-14,16-18H2,1-2H3,(H,32,35)/t19?,20?,21?,26-,30?/m0/s1. The van der Waals surface area contributed by atoms with Crippen LogP contribution in [0.15, 0.2) is 46.9 Å². The molecular formula is C30H36N4O2. The van der Waals surface area contributed by atoms with Gasteiger partial charge in [0.05, 0.1) is 0 Å². The van der Waals surface area contributed by atoms with Crippen LogP contribution in [-0.2, 0) is 0 Å². The van der Waals surface area contributed by atoms with Crippen molar-refractivity contribution in [2.45, 2.75) is 62.9 Å². The first-order valence-corrected chi connectivity index (χ1v) is 13.7. The van der Waals surface area contributed by atoms with E-state index in [1.54, 1.807) is 0 Å². The zero-order valence-corrected chi connectivity index (χ0v) is 21.4. The molecule has 4 bridgehead atoms. The predicted molar refractivity (Wildman–Crippen MR) is 142 cm³/mol. The number of carbonyl (C=O) groups is 1. The molecule has 36 heavy (non-hydrogen) atoms. The molecule has 5 aliphatic rings. The smallest absolute Gasteiger partial charge is 0.318 e. The summed E-state index contributed by atoms with van der Waals surface area (Å²) in [7, 11) is 4.10. The van der Waals surface area contributed by atoms with Crippen molar-refractivity contribution in [3.8, 4) is 11.1 Å². The number of nitrogens with one attached hydrogen (secondary N) is 1. The van der Waals surface area contributed by atoms with Crippen LogP contribution in [0.25, 0.3) is 22.2 Å². The number of carbonyl (C=O) groups excluding carboxylic acids is 1. The Morgan fingerprint density at radius 3 is 2.33 bits per heavy atom. The minimum atomic E-state index is -0.0888. The van der Waals surface area contributed by atoms with Crippen LogP contribution in [0.4, 0.5) is 10.5 Å². The fourth-order valence-corrected chi connectivity index (χ4v) is 8.05. The van der Waals surface area contributed by atoms with Gasteiger partial charge >= 0.3 is 6.03 Å². The molecule has 0 unspecified atom stereocenters. The molecule has 1 saturated heterocycles. The molecule has 2 amide bonds. The first kappa shape index (κ1) is 22.2. The molecule has 1 atom stereocenters. The number of aromatic nitrogens is 1. The van der Waals surface area contributed by atoms with E-state index in [0.717, 1.165) is 59.4 Å². The monoisotopic (exact) mass is 484 g/mol. The SMILES string of the molecule is CN(C)c1ccc(-c2ccc3oc([C@@H]4CCCN4C(=O)NC45CC6CC(CC(C6)C4)C5)nc3c2)cc1. The Labute approximate surface area is 213 Å². The number of oxazole rings is 1. The number of fused-ring (bicyclic) bond motifs is 1. The van der Waals surface area contributed by atoms with Gasteiger partial charge < -0.3 is 19.5 Å². The lowest BCUT2D eigenvalue weighted by atomic mass is 9.53. The molecule has 5 fully saturated rings. The maximum Gasteiger partial charge on any atom is 0.318 e. The topological polar surface area (TPSA) is 61.6 Å². The molecule has 2 aromatic carbocycles. The highest BCUT2D eigenvalue weighted by Crippen LogP contribution is 2.55. The number of anilines is 1. The van der Waals surface area contributed by atoms with Crippen LogP contribution in [0.5, 0.6) is 0 Å². The average molecular weight is 485 g/mol. The second-order valence-corrected chi connectivity index (χ2v) is 12.2. The van der Waals surface area contributed by atoms with Crippen molar-refractivity contribution in [1.29, 1.82) is 0 Å². The van der Waals surface area contributed by atoms with Crippen molar-refractivity contribution in [2.75, 3.05) is 25.5 Å². The van der Waals surface area contributed by atoms with Crippen LogP contribution >= 0.6 is 0 Å². The highest BCUT2D eigenvalue weighted by atomic mass is 16.4. The lowest BCUT2D eigenvalue weighted by molar-refractivity contribution is -0.0160. The van der Waals surface area contributed by atoms with Crippen molar-refractivity contribution >= 4 is 22.8 Å². The quantitative estimate of drug-likeness (QED) is 0.467. The molecule has 6 heteroatoms. The van der Waals surface area contributed by atoms with Crippen LogP contribution in [0.2, 0.25) is 0 Å². The third-order valence-corrected chi connectivity index (χ3v) is 9.33. The number of hydrogen-bond donors (Lipinski definition) is 1. The molecule has 2 heterocycles. The molecule has 6 nitrogen and oxygen atoms in total. The Bertz CT molecular complexity index is 1260. The Morgan fingerprint density at radius 2 is 1.67 bits per heavy atom. The largest absolute Gasteiger partial charge is 0.438 e. The molecule has 8 rings (SSSR count). The van der Waals surface area contributed by atoms with Crippen molar-refractivity contribution in [1.82, 2.24) is 15.2 Å². The lowest BCUT2D eigenvalue weighted by Crippen LogP contribution is -2.61. The van der Waals surface area contributed by atoms with Gasteiger partial charge in [0.15, 0.2) is 5.58 Å². The van der Waals surface area contributed by atoms with Crippen LogP contribution in [0, 0.1) is 17.8 Å². The highest BCUT2D eigenvalue weighted by Gasteiger charge is 2.52. The van der Waals surface area contributed by atoms with Crippen molar-refractivity contribution in [2.24, 2.45) is 17.8 Å². The molecule has 3 aromatic rings. The van der Waals surface area contributed by atoms with Gasteiger partial charge in [-0.15, -0.1) is 0 Å². The predicted octanol–water partition coefficient (Wildman–Crippen LogP) is 6.38. The average Bonchev–Trinajstić information content (AvgIpc) is 3.49. The summed E-state index contributed by atoms with van der Waals surface area (Å²) < 4.78 is 6.23. The van der Waals surface area contributed by atoms with E-state index < -0.39 is 0 Å². The number of urea groups is 1. The van der Waals surface area contributed by atoms with Crippen LogP contribution in [0.3, 0.4) is 0 Å². The molecule has 4 aliphatic carbocycles. The van der Waals surface area contributed by atoms with Gasteiger partial charge in [0.25, 0.3) is 0 Å². The Balaban J connectivity index is 1.11. The fourth-order valence-electron chi connectivity index (χ4n) is 8.05. The van der Waals surface area contributed by atoms with Crippen LogP contribution in [-0.4, -0.2) is 42.1 Å². The first-order valence-electron chi connectivity index (χ1n) is 13.7. The zero-order valence-electron chi connectivity index (χ0n) is 21.4. The Kier molecular flexibility index (Phi) is 5.09. The summed E-state index contributed by atoms with van der Waals surface area (Å²) in [6.07, 6.45) is 9.55. The second-order valence-electron chi connectivity index (χ2n) is 12.2. The van der Waals surface area contributed by atoms with Crippen molar-refractivity contribution in [3.05, 3.63) is 48.4 Å². The zero-order chi connectivity index (χ0) is 24.4. The third kappa shape index (κ3) is 3.77. The summed E-state index contributed by atoms with van der Waals surface area (Å²) >= 11 is 0. The number of likely N-dealkylation sites (tertiary alicyclic amines) is 1. The van der Waals surface area contributed by atoms with Gasteiger partial charge in [0.2, 0.25) is 5.89 Å². The number of rotatable bonds is 4. The van der Waals surface area contributed by atoms with Crippen LogP contribution < -0.4 is 10.2 Å². The van der Waals surface area contributed by atoms with E-state index in [4.69, 9.17) is 9.40 Å². The second kappa shape index (κ2) is 8.25. The summed E-state index contributed by atoms with van der Waals surface area (Å²) in [5, 5.41) is 3.56. The fraction of sp³-hybridized carbons (Fsp3) is 0.533. The molecule has 1 N–H and O–H groups in total. The Hall–Kier alpha value is -3.02. The van der Waals surface area contributed by atoms with Gasteiger partial charge in [-0.3, -0.25) is 0 Å². The van der Waals surface area contributed by atoms with Gasteiger partial charge in [0, 0.05) is 31.9 Å². The van der Waals surface area contributed by atoms with E-state index in [1.165, 1.54) is 44.2 Å². The molecular weight excluding hydrogens is 448 g/mol. The molecule has 4 saturated carbocycles. The molecule has 0 spiro atoms. The number of amides is 2. The number of nitrogens with zero attached hydrogens (tertiary/aromatic N) is 3. The number of hydrogen-bond acceptors (Lipinski definition) is 4. The van der Waals surface area contributed by atoms with E-state index in [9.17, 15) is 4.79 Å². The maximum atomic E-state index is 13.6. The van der Waals surface area contributed by atoms with E-state index >= 15 is 0 Å². The normalized spacial score (nSPS) is 30.8. The van der Waals surface area contributed by atoms with Crippen molar-refractivity contribution < 1.29 is 9.21 Å². The summed E-state index contributed by atoms with van der Waals surface area (Å²) in [6.45, 7) is 0.769. The minimum Gasteiger partial charge on any atom is -0.438 e. The molecule has 188 valence electrons. The lowest BCUT2D eigenvalue weighted by Gasteiger charge is -2.57. The first-order chi connectivity index (χ1) is 17.4. The van der Waals surface area contributed by atoms with E-state index in [1.807, 2.05) is 25.1 Å². The molecule has 0 radical (unpaired) electrons. The minimum absolute atomic E-state index is 0.0251. The van der Waals surface area contributed by atoms with Gasteiger partial charge in [-0.2, -0.15) is 0 Å². The van der Waals surface area contributed by atoms with E-state index in [2.05, 4.69) is 46.6 Å². The summed E-state index contributed by atoms with van der Waals surface area (Å²) in [5.74, 6) is 3.12. The van der Waals surface area contributed by atoms with Gasteiger partial charge in [0.1, 0.15) is 11.6 Å². The summed E-state index contributed by atoms with van der Waals surface area (Å²) in [5.41, 5.74) is 5.12. The van der Waals surface area contributed by atoms with Gasteiger partial charge in [-0.25, -0.2) is 9.78 Å². The molecule has 1 aromatic heterocycles. The summed E-state index contributed by atoms with van der Waals surface area (Å²) in [4.78, 5) is 22.6. The van der Waals surface area contributed by atoms with Gasteiger partial charge in [-0.05, 0) is 105 Å². The Morgan fingerprint density at radius 1 is 1.00 bits per heavy atom. The summed E-state index contributed by atoms with van der Waals surface area (Å²) in [6, 6.07) is 14.7.